The molecule has 0 aliphatic carbocycles. The van der Waals surface area contributed by atoms with Crippen LogP contribution in [0.4, 0.5) is 0 Å². The Balaban J connectivity index is 2.73. The van der Waals surface area contributed by atoms with Gasteiger partial charge in [0.1, 0.15) is 5.75 Å². The number of hydrogen-bond donors (Lipinski definition) is 1. The van der Waals surface area contributed by atoms with E-state index in [2.05, 4.69) is 15.9 Å². The smallest absolute Gasteiger partial charge is 0.306 e. The Morgan fingerprint density at radius 3 is 2.62 bits per heavy atom. The number of carbonyl (C=O) groups excluding carboxylic acids is 1. The van der Waals surface area contributed by atoms with Gasteiger partial charge in [-0.15, -0.1) is 0 Å². The number of halogens is 1. The molecule has 0 aromatic heterocycles. The number of esters is 1. The number of methoxy groups -OCH3 is 1. The molecular weight excluding hydrogens is 334 g/mol. The van der Waals surface area contributed by atoms with Gasteiger partial charge in [-0.05, 0) is 52.4 Å². The van der Waals surface area contributed by atoms with Crippen LogP contribution >= 0.6 is 15.9 Å². The second-order valence-electron chi connectivity index (χ2n) is 5.85. The molecule has 0 saturated carbocycles. The maximum Gasteiger partial charge on any atom is 0.306 e. The Labute approximate surface area is 135 Å². The summed E-state index contributed by atoms with van der Waals surface area (Å²) >= 11 is 3.46. The summed E-state index contributed by atoms with van der Waals surface area (Å²) in [5.41, 5.74) is 7.08. The van der Waals surface area contributed by atoms with Gasteiger partial charge in [0, 0.05) is 6.04 Å². The predicted octanol–water partition coefficient (Wildman–Crippen LogP) is 3.83. The zero-order valence-corrected chi connectivity index (χ0v) is 14.7. The molecule has 0 spiro atoms. The normalized spacial score (nSPS) is 12.9. The zero-order valence-electron chi connectivity index (χ0n) is 13.1. The molecule has 118 valence electrons. The summed E-state index contributed by atoms with van der Waals surface area (Å²) in [6, 6.07) is 5.66. The molecule has 1 aromatic rings. The predicted molar refractivity (Wildman–Crippen MR) is 87.3 cm³/mol. The molecule has 1 atom stereocenters. The lowest BCUT2D eigenvalue weighted by Crippen LogP contribution is -2.25. The highest BCUT2D eigenvalue weighted by Crippen LogP contribution is 2.34. The fourth-order valence-electron chi connectivity index (χ4n) is 2.30. The van der Waals surface area contributed by atoms with Crippen LogP contribution in [0.5, 0.6) is 5.75 Å². The highest BCUT2D eigenvalue weighted by molar-refractivity contribution is 9.10. The fraction of sp³-hybridized carbons (Fsp3) is 0.562. The zero-order chi connectivity index (χ0) is 16.0. The van der Waals surface area contributed by atoms with Gasteiger partial charge in [0.15, 0.2) is 0 Å². The Bertz CT molecular complexity index is 488. The Hall–Kier alpha value is -1.07. The summed E-state index contributed by atoms with van der Waals surface area (Å²) < 4.78 is 11.1. The molecule has 0 aliphatic rings. The minimum absolute atomic E-state index is 0.142. The van der Waals surface area contributed by atoms with E-state index in [1.807, 2.05) is 39.0 Å². The maximum atomic E-state index is 11.6. The van der Waals surface area contributed by atoms with Crippen molar-refractivity contribution >= 4 is 21.9 Å². The molecule has 0 fully saturated rings. The monoisotopic (exact) mass is 357 g/mol. The third-order valence-electron chi connectivity index (χ3n) is 3.30. The van der Waals surface area contributed by atoms with E-state index < -0.39 is 0 Å². The largest absolute Gasteiger partial charge is 0.496 e. The molecule has 0 amide bonds. The van der Waals surface area contributed by atoms with E-state index in [4.69, 9.17) is 15.2 Å². The van der Waals surface area contributed by atoms with Crippen LogP contribution in [0, 0.1) is 5.41 Å². The van der Waals surface area contributed by atoms with Gasteiger partial charge in [-0.1, -0.05) is 19.9 Å². The molecule has 1 unspecified atom stereocenters. The van der Waals surface area contributed by atoms with Gasteiger partial charge in [0.05, 0.1) is 24.6 Å². The summed E-state index contributed by atoms with van der Waals surface area (Å²) in [6.07, 6.45) is 1.07. The molecule has 4 nitrogen and oxygen atoms in total. The summed E-state index contributed by atoms with van der Waals surface area (Å²) in [5, 5.41) is 0. The number of rotatable bonds is 7. The lowest BCUT2D eigenvalue weighted by atomic mass is 9.81. The third-order valence-corrected chi connectivity index (χ3v) is 3.92. The summed E-state index contributed by atoms with van der Waals surface area (Å²) in [4.78, 5) is 11.6. The molecular formula is C16H24BrNO3. The number of nitrogens with two attached hydrogens (primary N) is 1. The summed E-state index contributed by atoms with van der Waals surface area (Å²) in [7, 11) is 1.63. The molecule has 0 saturated heterocycles. The van der Waals surface area contributed by atoms with Crippen molar-refractivity contribution in [1.82, 2.24) is 0 Å². The summed E-state index contributed by atoms with van der Waals surface area (Å²) in [5.74, 6) is 0.599. The average Bonchev–Trinajstić information content (AvgIpc) is 2.37. The SMILES string of the molecule is CCOC(=O)CC(C)(C)CC(N)c1ccc(OC)c(Br)c1. The van der Waals surface area contributed by atoms with Crippen molar-refractivity contribution in [3.63, 3.8) is 0 Å². The average molecular weight is 358 g/mol. The van der Waals surface area contributed by atoms with Crippen molar-refractivity contribution in [2.24, 2.45) is 11.1 Å². The van der Waals surface area contributed by atoms with Crippen molar-refractivity contribution in [1.29, 1.82) is 0 Å². The molecule has 1 aromatic carbocycles. The molecule has 21 heavy (non-hydrogen) atoms. The molecule has 0 heterocycles. The molecule has 2 N–H and O–H groups in total. The van der Waals surface area contributed by atoms with Crippen LogP contribution in [0.3, 0.4) is 0 Å². The van der Waals surface area contributed by atoms with Gasteiger partial charge < -0.3 is 15.2 Å². The van der Waals surface area contributed by atoms with Crippen LogP contribution in [-0.2, 0) is 9.53 Å². The topological polar surface area (TPSA) is 61.5 Å². The standard InChI is InChI=1S/C16H24BrNO3/c1-5-21-15(19)10-16(2,3)9-13(18)11-6-7-14(20-4)12(17)8-11/h6-8,13H,5,9-10,18H2,1-4H3. The van der Waals surface area contributed by atoms with Gasteiger partial charge in [-0.25, -0.2) is 0 Å². The number of carbonyl (C=O) groups is 1. The van der Waals surface area contributed by atoms with E-state index in [0.717, 1.165) is 15.8 Å². The second-order valence-corrected chi connectivity index (χ2v) is 6.70. The molecule has 0 bridgehead atoms. The van der Waals surface area contributed by atoms with E-state index in [-0.39, 0.29) is 17.4 Å². The molecule has 0 aliphatic heterocycles. The van der Waals surface area contributed by atoms with Gasteiger partial charge in [-0.3, -0.25) is 4.79 Å². The van der Waals surface area contributed by atoms with E-state index in [1.165, 1.54) is 0 Å². The van der Waals surface area contributed by atoms with Crippen molar-refractivity contribution < 1.29 is 14.3 Å². The van der Waals surface area contributed by atoms with Crippen LogP contribution in [0.25, 0.3) is 0 Å². The number of hydrogen-bond acceptors (Lipinski definition) is 4. The molecule has 1 rings (SSSR count). The van der Waals surface area contributed by atoms with Gasteiger partial charge >= 0.3 is 5.97 Å². The van der Waals surface area contributed by atoms with Crippen molar-refractivity contribution in [3.05, 3.63) is 28.2 Å². The van der Waals surface area contributed by atoms with Crippen LogP contribution in [-0.4, -0.2) is 19.7 Å². The minimum Gasteiger partial charge on any atom is -0.496 e. The number of ether oxygens (including phenoxy) is 2. The van der Waals surface area contributed by atoms with Crippen molar-refractivity contribution in [2.75, 3.05) is 13.7 Å². The minimum atomic E-state index is -0.210. The van der Waals surface area contributed by atoms with Crippen molar-refractivity contribution in [2.45, 2.75) is 39.7 Å². The van der Waals surface area contributed by atoms with Gasteiger partial charge in [0.2, 0.25) is 0 Å². The van der Waals surface area contributed by atoms with Gasteiger partial charge in [0.25, 0.3) is 0 Å². The quantitative estimate of drug-likeness (QED) is 0.753. The highest BCUT2D eigenvalue weighted by atomic mass is 79.9. The third kappa shape index (κ3) is 5.67. The lowest BCUT2D eigenvalue weighted by molar-refractivity contribution is -0.145. The first-order valence-corrected chi connectivity index (χ1v) is 7.83. The summed E-state index contributed by atoms with van der Waals surface area (Å²) in [6.45, 7) is 6.28. The van der Waals surface area contributed by atoms with E-state index in [0.29, 0.717) is 19.4 Å². The first-order valence-electron chi connectivity index (χ1n) is 7.03. The van der Waals surface area contributed by atoms with Gasteiger partial charge in [-0.2, -0.15) is 0 Å². The second kappa shape index (κ2) is 7.80. The van der Waals surface area contributed by atoms with E-state index in [9.17, 15) is 4.79 Å². The molecule has 0 radical (unpaired) electrons. The van der Waals surface area contributed by atoms with Crippen LogP contribution in [0.1, 0.15) is 45.2 Å². The van der Waals surface area contributed by atoms with Crippen LogP contribution < -0.4 is 10.5 Å². The maximum absolute atomic E-state index is 11.6. The van der Waals surface area contributed by atoms with E-state index >= 15 is 0 Å². The van der Waals surface area contributed by atoms with Crippen LogP contribution in [0.2, 0.25) is 0 Å². The number of benzene rings is 1. The van der Waals surface area contributed by atoms with Crippen LogP contribution in [0.15, 0.2) is 22.7 Å². The Morgan fingerprint density at radius 2 is 2.10 bits per heavy atom. The van der Waals surface area contributed by atoms with E-state index in [1.54, 1.807) is 7.11 Å². The first-order chi connectivity index (χ1) is 9.79. The van der Waals surface area contributed by atoms with Crippen molar-refractivity contribution in [3.8, 4) is 5.75 Å². The first kappa shape index (κ1) is 18.0. The lowest BCUT2D eigenvalue weighted by Gasteiger charge is -2.27. The highest BCUT2D eigenvalue weighted by Gasteiger charge is 2.26. The Morgan fingerprint density at radius 1 is 1.43 bits per heavy atom. The fourth-order valence-corrected chi connectivity index (χ4v) is 2.86. The Kier molecular flexibility index (Phi) is 6.68. The molecule has 5 heteroatoms.